The molecule has 0 aliphatic heterocycles. The summed E-state index contributed by atoms with van der Waals surface area (Å²) in [5.41, 5.74) is 0. The summed E-state index contributed by atoms with van der Waals surface area (Å²) in [7, 11) is 1.59. The van der Waals surface area contributed by atoms with Gasteiger partial charge in [-0.25, -0.2) is 4.79 Å². The Morgan fingerprint density at radius 2 is 2.05 bits per heavy atom. The molecular weight excluding hydrogens is 248 g/mol. The molecule has 110 valence electrons. The zero-order valence-corrected chi connectivity index (χ0v) is 11.8. The second kappa shape index (κ2) is 7.33. The number of carbonyl (C=O) groups excluding carboxylic acids is 1. The quantitative estimate of drug-likeness (QED) is 0.678. The normalized spacial score (nSPS) is 24.2. The molecule has 19 heavy (non-hydrogen) atoms. The fourth-order valence-corrected chi connectivity index (χ4v) is 2.39. The van der Waals surface area contributed by atoms with Crippen LogP contribution in [-0.4, -0.2) is 42.9 Å². The summed E-state index contributed by atoms with van der Waals surface area (Å²) in [5.74, 6) is -1.05. The van der Waals surface area contributed by atoms with Gasteiger partial charge in [0.1, 0.15) is 0 Å². The molecule has 1 rings (SSSR count). The average Bonchev–Trinajstić information content (AvgIpc) is 2.76. The van der Waals surface area contributed by atoms with Gasteiger partial charge < -0.3 is 20.5 Å². The molecule has 3 unspecified atom stereocenters. The number of carboxylic acid groups (broad SMARTS) is 1. The van der Waals surface area contributed by atoms with Crippen molar-refractivity contribution in [2.24, 2.45) is 11.8 Å². The highest BCUT2D eigenvalue weighted by molar-refractivity contribution is 5.77. The predicted octanol–water partition coefficient (Wildman–Crippen LogP) is 1.21. The van der Waals surface area contributed by atoms with Crippen LogP contribution < -0.4 is 10.6 Å². The molecule has 3 N–H and O–H groups in total. The van der Waals surface area contributed by atoms with Gasteiger partial charge in [0.25, 0.3) is 0 Å². The number of ether oxygens (including phenoxy) is 1. The van der Waals surface area contributed by atoms with Crippen molar-refractivity contribution in [2.45, 2.75) is 45.2 Å². The van der Waals surface area contributed by atoms with Gasteiger partial charge >= 0.3 is 12.0 Å². The summed E-state index contributed by atoms with van der Waals surface area (Å²) >= 11 is 0. The minimum Gasteiger partial charge on any atom is -0.481 e. The lowest BCUT2D eigenvalue weighted by Gasteiger charge is -2.24. The van der Waals surface area contributed by atoms with E-state index >= 15 is 0 Å². The molecule has 2 amide bonds. The Balaban J connectivity index is 2.47. The van der Waals surface area contributed by atoms with Gasteiger partial charge in [-0.1, -0.05) is 20.3 Å². The number of rotatable bonds is 6. The highest BCUT2D eigenvalue weighted by atomic mass is 16.5. The number of hydrogen-bond acceptors (Lipinski definition) is 3. The zero-order valence-electron chi connectivity index (χ0n) is 11.8. The first kappa shape index (κ1) is 15.8. The summed E-state index contributed by atoms with van der Waals surface area (Å²) in [4.78, 5) is 22.9. The largest absolute Gasteiger partial charge is 0.481 e. The molecule has 1 aliphatic carbocycles. The van der Waals surface area contributed by atoms with Gasteiger partial charge in [0.15, 0.2) is 0 Å². The first-order chi connectivity index (χ1) is 8.95. The van der Waals surface area contributed by atoms with Gasteiger partial charge in [-0.05, 0) is 18.8 Å². The molecule has 1 aliphatic rings. The van der Waals surface area contributed by atoms with Crippen LogP contribution in [0.5, 0.6) is 0 Å². The van der Waals surface area contributed by atoms with Gasteiger partial charge in [-0.2, -0.15) is 0 Å². The van der Waals surface area contributed by atoms with Crippen LogP contribution in [0.3, 0.4) is 0 Å². The minimum atomic E-state index is -0.833. The Morgan fingerprint density at radius 1 is 1.37 bits per heavy atom. The number of hydrogen-bond donors (Lipinski definition) is 3. The number of carboxylic acids is 1. The van der Waals surface area contributed by atoms with Gasteiger partial charge in [-0.15, -0.1) is 0 Å². The van der Waals surface area contributed by atoms with E-state index in [9.17, 15) is 9.59 Å². The molecule has 3 atom stereocenters. The molecule has 0 bridgehead atoms. The zero-order chi connectivity index (χ0) is 14.4. The Bertz CT molecular complexity index is 320. The Morgan fingerprint density at radius 3 is 2.58 bits per heavy atom. The molecular formula is C13H24N2O4. The summed E-state index contributed by atoms with van der Waals surface area (Å²) in [6.45, 7) is 4.44. The Labute approximate surface area is 113 Å². The molecule has 0 aromatic carbocycles. The van der Waals surface area contributed by atoms with E-state index in [4.69, 9.17) is 9.84 Å². The fourth-order valence-electron chi connectivity index (χ4n) is 2.39. The van der Waals surface area contributed by atoms with Crippen molar-refractivity contribution in [3.8, 4) is 0 Å². The van der Waals surface area contributed by atoms with Crippen molar-refractivity contribution in [3.63, 3.8) is 0 Å². The van der Waals surface area contributed by atoms with Gasteiger partial charge in [-0.3, -0.25) is 4.79 Å². The smallest absolute Gasteiger partial charge is 0.315 e. The van der Waals surface area contributed by atoms with E-state index in [1.165, 1.54) is 0 Å². The number of urea groups is 1. The van der Waals surface area contributed by atoms with Crippen LogP contribution in [0.1, 0.15) is 33.1 Å². The van der Waals surface area contributed by atoms with Crippen LogP contribution in [-0.2, 0) is 9.53 Å². The summed E-state index contributed by atoms with van der Waals surface area (Å²) in [5, 5.41) is 14.7. The number of nitrogens with one attached hydrogen (secondary N) is 2. The van der Waals surface area contributed by atoms with E-state index in [0.29, 0.717) is 13.0 Å². The van der Waals surface area contributed by atoms with Gasteiger partial charge in [0, 0.05) is 13.2 Å². The van der Waals surface area contributed by atoms with Crippen molar-refractivity contribution >= 4 is 12.0 Å². The van der Waals surface area contributed by atoms with E-state index in [2.05, 4.69) is 10.6 Å². The summed E-state index contributed by atoms with van der Waals surface area (Å²) in [6, 6.07) is -0.656. The maximum atomic E-state index is 11.9. The molecule has 0 radical (unpaired) electrons. The highest BCUT2D eigenvalue weighted by Crippen LogP contribution is 2.25. The number of amides is 2. The first-order valence-corrected chi connectivity index (χ1v) is 6.74. The average molecular weight is 272 g/mol. The van der Waals surface area contributed by atoms with Crippen LogP contribution in [0.25, 0.3) is 0 Å². The monoisotopic (exact) mass is 272 g/mol. The molecule has 6 nitrogen and oxygen atoms in total. The Kier molecular flexibility index (Phi) is 6.08. The lowest BCUT2D eigenvalue weighted by Crippen LogP contribution is -2.51. The molecule has 0 spiro atoms. The molecule has 6 heteroatoms. The van der Waals surface area contributed by atoms with Crippen molar-refractivity contribution in [2.75, 3.05) is 13.7 Å². The van der Waals surface area contributed by atoms with E-state index < -0.39 is 11.9 Å². The first-order valence-electron chi connectivity index (χ1n) is 6.74. The minimum absolute atomic E-state index is 0.0744. The predicted molar refractivity (Wildman–Crippen MR) is 70.9 cm³/mol. The lowest BCUT2D eigenvalue weighted by atomic mass is 10.0. The van der Waals surface area contributed by atoms with Crippen molar-refractivity contribution in [3.05, 3.63) is 0 Å². The van der Waals surface area contributed by atoms with Crippen molar-refractivity contribution in [1.82, 2.24) is 10.6 Å². The molecule has 1 fully saturated rings. The van der Waals surface area contributed by atoms with E-state index in [1.807, 2.05) is 13.8 Å². The molecule has 0 saturated heterocycles. The maximum absolute atomic E-state index is 11.9. The standard InChI is InChI=1S/C13H24N2O4/c1-8(2)11(7-19-3)15-13(18)14-10-6-4-5-9(10)12(16)17/h8-11H,4-7H2,1-3H3,(H,16,17)(H2,14,15,18). The van der Waals surface area contributed by atoms with E-state index in [0.717, 1.165) is 12.8 Å². The molecule has 0 aromatic heterocycles. The maximum Gasteiger partial charge on any atom is 0.315 e. The summed E-state index contributed by atoms with van der Waals surface area (Å²) < 4.78 is 5.06. The second-order valence-corrected chi connectivity index (χ2v) is 5.41. The van der Waals surface area contributed by atoms with E-state index in [-0.39, 0.29) is 24.0 Å². The second-order valence-electron chi connectivity index (χ2n) is 5.41. The molecule has 1 saturated carbocycles. The third kappa shape index (κ3) is 4.70. The fraction of sp³-hybridized carbons (Fsp3) is 0.846. The van der Waals surface area contributed by atoms with Crippen LogP contribution in [0.4, 0.5) is 4.79 Å². The van der Waals surface area contributed by atoms with Crippen LogP contribution in [0, 0.1) is 11.8 Å². The Hall–Kier alpha value is -1.30. The number of methoxy groups -OCH3 is 1. The summed E-state index contributed by atoms with van der Waals surface area (Å²) in [6.07, 6.45) is 2.20. The van der Waals surface area contributed by atoms with Crippen molar-refractivity contribution in [1.29, 1.82) is 0 Å². The van der Waals surface area contributed by atoms with Crippen LogP contribution in [0.15, 0.2) is 0 Å². The molecule has 0 aromatic rings. The SMILES string of the molecule is COCC(NC(=O)NC1CCCC1C(=O)O)C(C)C. The number of aliphatic carboxylic acids is 1. The van der Waals surface area contributed by atoms with Gasteiger partial charge in [0.2, 0.25) is 0 Å². The van der Waals surface area contributed by atoms with Crippen LogP contribution >= 0.6 is 0 Å². The third-order valence-corrected chi connectivity index (χ3v) is 3.62. The van der Waals surface area contributed by atoms with Crippen LogP contribution in [0.2, 0.25) is 0 Å². The number of carbonyl (C=O) groups is 2. The van der Waals surface area contributed by atoms with Crippen molar-refractivity contribution < 1.29 is 19.4 Å². The topological polar surface area (TPSA) is 87.7 Å². The highest BCUT2D eigenvalue weighted by Gasteiger charge is 2.34. The van der Waals surface area contributed by atoms with E-state index in [1.54, 1.807) is 7.11 Å². The molecule has 0 heterocycles. The van der Waals surface area contributed by atoms with Gasteiger partial charge in [0.05, 0.1) is 18.6 Å². The third-order valence-electron chi connectivity index (χ3n) is 3.62. The lowest BCUT2D eigenvalue weighted by molar-refractivity contribution is -0.142.